The molecule has 282 valence electrons. The summed E-state index contributed by atoms with van der Waals surface area (Å²) < 4.78 is 40.9. The highest BCUT2D eigenvalue weighted by atomic mass is 16.8. The first-order valence-electron chi connectivity index (χ1n) is 18.5. The van der Waals surface area contributed by atoms with Gasteiger partial charge < -0.3 is 33.2 Å². The Morgan fingerprint density at radius 2 is 1.71 bits per heavy atom. The molecule has 51 heavy (non-hydrogen) atoms. The molecule has 4 rings (SSSR count). The van der Waals surface area contributed by atoms with Crippen molar-refractivity contribution in [3.63, 3.8) is 0 Å². The lowest BCUT2D eigenvalue weighted by molar-refractivity contribution is -0.258. The topological polar surface area (TPSA) is 116 Å². The van der Waals surface area contributed by atoms with E-state index in [1.807, 2.05) is 44.2 Å². The lowest BCUT2D eigenvalue weighted by atomic mass is 9.65. The Kier molecular flexibility index (Phi) is 16.5. The van der Waals surface area contributed by atoms with Crippen LogP contribution in [-0.2, 0) is 49.4 Å². The number of Topliss-reactive ketones (excluding diaryl/α,β-unsaturated/α-hetero) is 2. The second-order valence-electron chi connectivity index (χ2n) is 13.7. The zero-order valence-corrected chi connectivity index (χ0v) is 31.1. The Hall–Kier alpha value is -3.15. The van der Waals surface area contributed by atoms with Crippen molar-refractivity contribution in [2.45, 2.75) is 90.1 Å². The first-order valence-corrected chi connectivity index (χ1v) is 18.5. The normalized spacial score (nSPS) is 25.3. The number of rotatable bonds is 21. The van der Waals surface area contributed by atoms with Crippen molar-refractivity contribution in [3.05, 3.63) is 65.8 Å². The van der Waals surface area contributed by atoms with Crippen LogP contribution in [0.1, 0.15) is 77.2 Å². The van der Waals surface area contributed by atoms with Crippen molar-refractivity contribution in [1.29, 1.82) is 0 Å². The van der Waals surface area contributed by atoms with E-state index < -0.39 is 41.5 Å². The summed E-state index contributed by atoms with van der Waals surface area (Å²) in [6, 6.07) is 7.59. The number of methoxy groups -OCH3 is 3. The number of fused-ring (bicyclic) bond motifs is 2. The number of ketones is 2. The number of benzene rings is 1. The molecule has 6 atom stereocenters. The minimum Gasteiger partial charge on any atom is -0.497 e. The van der Waals surface area contributed by atoms with Crippen LogP contribution in [0.3, 0.4) is 0 Å². The van der Waals surface area contributed by atoms with Gasteiger partial charge in [0, 0.05) is 19.4 Å². The number of allylic oxidation sites excluding steroid dienone is 5. The number of esters is 1. The van der Waals surface area contributed by atoms with Gasteiger partial charge in [0.15, 0.2) is 17.4 Å². The van der Waals surface area contributed by atoms with Gasteiger partial charge in [0.1, 0.15) is 24.6 Å². The molecule has 0 aromatic heterocycles. The van der Waals surface area contributed by atoms with Crippen LogP contribution >= 0.6 is 0 Å². The van der Waals surface area contributed by atoms with Crippen LogP contribution in [0.2, 0.25) is 0 Å². The van der Waals surface area contributed by atoms with Crippen LogP contribution in [0.4, 0.5) is 0 Å². The first kappa shape index (κ1) is 40.6. The van der Waals surface area contributed by atoms with Gasteiger partial charge in [-0.3, -0.25) is 14.4 Å². The fourth-order valence-electron chi connectivity index (χ4n) is 7.81. The van der Waals surface area contributed by atoms with Crippen LogP contribution in [0, 0.1) is 29.6 Å². The molecule has 10 heteroatoms. The van der Waals surface area contributed by atoms with Crippen LogP contribution in [0.5, 0.6) is 5.75 Å². The van der Waals surface area contributed by atoms with Gasteiger partial charge in [0.05, 0.1) is 46.6 Å². The SMILES string of the molecule is C/C=C/CCCCC[C@@H]1C=C2C(=O)[C@H](C(=O)C(C(=O)OC)C[C@H]2COCc2ccc(OC)cc2)[C@H]1C[C@@H](OCOC)C1(CC/C=C/C)OCCO1. The minimum absolute atomic E-state index is 0.00285. The molecule has 2 fully saturated rings. The monoisotopic (exact) mass is 710 g/mol. The molecule has 10 nitrogen and oxygen atoms in total. The summed E-state index contributed by atoms with van der Waals surface area (Å²) in [5.41, 5.74) is 1.53. The van der Waals surface area contributed by atoms with E-state index in [2.05, 4.69) is 24.3 Å². The highest BCUT2D eigenvalue weighted by Gasteiger charge is 2.54. The van der Waals surface area contributed by atoms with Gasteiger partial charge in [-0.2, -0.15) is 0 Å². The molecule has 0 spiro atoms. The molecule has 0 radical (unpaired) electrons. The summed E-state index contributed by atoms with van der Waals surface area (Å²) in [7, 11) is 4.46. The molecular weight excluding hydrogens is 652 g/mol. The zero-order valence-electron chi connectivity index (χ0n) is 31.1. The minimum atomic E-state index is -1.09. The van der Waals surface area contributed by atoms with Gasteiger partial charge in [0.2, 0.25) is 0 Å². The molecule has 1 unspecified atom stereocenters. The van der Waals surface area contributed by atoms with E-state index in [1.165, 1.54) is 7.11 Å². The van der Waals surface area contributed by atoms with E-state index in [0.29, 0.717) is 44.7 Å². The Labute approximate surface area is 303 Å². The molecule has 0 N–H and O–H groups in total. The average molecular weight is 711 g/mol. The van der Waals surface area contributed by atoms with Crippen molar-refractivity contribution in [3.8, 4) is 5.75 Å². The Bertz CT molecular complexity index is 1340. The summed E-state index contributed by atoms with van der Waals surface area (Å²) in [4.78, 5) is 42.4. The van der Waals surface area contributed by atoms with Crippen LogP contribution in [-0.4, -0.2) is 77.4 Å². The Balaban J connectivity index is 1.69. The molecule has 3 aliphatic rings. The van der Waals surface area contributed by atoms with Crippen molar-refractivity contribution in [2.75, 3.05) is 47.9 Å². The predicted molar refractivity (Wildman–Crippen MR) is 193 cm³/mol. The molecule has 1 aromatic carbocycles. The number of carbonyl (C=O) groups is 3. The van der Waals surface area contributed by atoms with Crippen molar-refractivity contribution in [2.24, 2.45) is 29.6 Å². The molecular formula is C41H58O10. The van der Waals surface area contributed by atoms with Gasteiger partial charge in [-0.15, -0.1) is 0 Å². The van der Waals surface area contributed by atoms with E-state index >= 15 is 0 Å². The number of ether oxygens (including phenoxy) is 7. The average Bonchev–Trinajstić information content (AvgIpc) is 3.61. The zero-order chi connectivity index (χ0) is 36.6. The fraction of sp³-hybridized carbons (Fsp3) is 0.634. The molecule has 0 amide bonds. The quantitative estimate of drug-likeness (QED) is 0.0436. The van der Waals surface area contributed by atoms with E-state index in [1.54, 1.807) is 14.2 Å². The standard InChI is InChI=1S/C41H58O10/c1-6-8-10-11-12-13-15-30-23-34-31(27-48-26-29-16-18-32(46-4)19-17-29)24-35(40(44)47-5)39(43)37(38(34)42)33(30)25-36(49-28-45-3)41(20-14-9-7-2)50-21-22-51-41/h6-9,16-19,23,30-31,33,35-37H,10-15,20-22,24-28H2,1-5H3/b8-6+,9-7+/t30-,31+,33+,35?,36-,37-/m1/s1. The van der Waals surface area contributed by atoms with Crippen LogP contribution in [0.25, 0.3) is 0 Å². The van der Waals surface area contributed by atoms with E-state index in [9.17, 15) is 14.4 Å². The third-order valence-corrected chi connectivity index (χ3v) is 10.5. The van der Waals surface area contributed by atoms with E-state index in [-0.39, 0.29) is 37.3 Å². The molecule has 2 bridgehead atoms. The Morgan fingerprint density at radius 3 is 2.37 bits per heavy atom. The second kappa shape index (κ2) is 20.8. The summed E-state index contributed by atoms with van der Waals surface area (Å²) in [6.45, 7) is 5.32. The molecule has 1 saturated heterocycles. The first-order chi connectivity index (χ1) is 24.8. The molecule has 2 aliphatic carbocycles. The van der Waals surface area contributed by atoms with E-state index in [0.717, 1.165) is 43.4 Å². The summed E-state index contributed by atoms with van der Waals surface area (Å²) >= 11 is 0. The molecule has 1 heterocycles. The third kappa shape index (κ3) is 10.7. The number of hydrogen-bond donors (Lipinski definition) is 0. The maximum absolute atomic E-state index is 14.6. The molecule has 1 aromatic rings. The van der Waals surface area contributed by atoms with Gasteiger partial charge in [-0.25, -0.2) is 0 Å². The van der Waals surface area contributed by atoms with Crippen molar-refractivity contribution < 1.29 is 47.5 Å². The van der Waals surface area contributed by atoms with Gasteiger partial charge in [-0.05, 0) is 87.5 Å². The predicted octanol–water partition coefficient (Wildman–Crippen LogP) is 6.95. The highest BCUT2D eigenvalue weighted by Crippen LogP contribution is 2.47. The lowest BCUT2D eigenvalue weighted by Gasteiger charge is -2.41. The van der Waals surface area contributed by atoms with Gasteiger partial charge >= 0.3 is 5.97 Å². The third-order valence-electron chi connectivity index (χ3n) is 10.5. The number of unbranched alkanes of at least 4 members (excludes halogenated alkanes) is 3. The lowest BCUT2D eigenvalue weighted by Crippen LogP contribution is -2.50. The largest absolute Gasteiger partial charge is 0.497 e. The van der Waals surface area contributed by atoms with Gasteiger partial charge in [-0.1, -0.05) is 55.4 Å². The van der Waals surface area contributed by atoms with E-state index in [4.69, 9.17) is 33.2 Å². The smallest absolute Gasteiger partial charge is 0.316 e. The maximum Gasteiger partial charge on any atom is 0.316 e. The van der Waals surface area contributed by atoms with Gasteiger partial charge in [0.25, 0.3) is 0 Å². The fourth-order valence-corrected chi connectivity index (χ4v) is 7.81. The Morgan fingerprint density at radius 1 is 0.980 bits per heavy atom. The number of carbonyl (C=O) groups excluding carboxylic acids is 3. The number of hydrogen-bond acceptors (Lipinski definition) is 10. The summed E-state index contributed by atoms with van der Waals surface area (Å²) in [5.74, 6) is -4.68. The van der Waals surface area contributed by atoms with Crippen LogP contribution in [0.15, 0.2) is 60.2 Å². The van der Waals surface area contributed by atoms with Crippen molar-refractivity contribution >= 4 is 17.5 Å². The second-order valence-corrected chi connectivity index (χ2v) is 13.7. The molecule has 1 aliphatic heterocycles. The summed E-state index contributed by atoms with van der Waals surface area (Å²) in [5, 5.41) is 0. The highest BCUT2D eigenvalue weighted by molar-refractivity contribution is 6.17. The summed E-state index contributed by atoms with van der Waals surface area (Å²) in [6.07, 6.45) is 16.3. The van der Waals surface area contributed by atoms with Crippen LogP contribution < -0.4 is 4.74 Å². The van der Waals surface area contributed by atoms with Crippen molar-refractivity contribution in [1.82, 2.24) is 0 Å². The molecule has 1 saturated carbocycles. The maximum atomic E-state index is 14.6.